The van der Waals surface area contributed by atoms with Crippen LogP contribution < -0.4 is 0 Å². The van der Waals surface area contributed by atoms with Gasteiger partial charge in [-0.2, -0.15) is 0 Å². The summed E-state index contributed by atoms with van der Waals surface area (Å²) < 4.78 is 0. The summed E-state index contributed by atoms with van der Waals surface area (Å²) in [5.74, 6) is -0.955. The minimum absolute atomic E-state index is 0.713. The van der Waals surface area contributed by atoms with E-state index < -0.39 is 5.97 Å². The molecule has 0 aromatic carbocycles. The maximum Gasteiger partial charge on any atom is 0.328 e. The predicted molar refractivity (Wildman–Crippen MR) is 66.8 cm³/mol. The van der Waals surface area contributed by atoms with E-state index >= 15 is 0 Å². The van der Waals surface area contributed by atoms with Crippen molar-refractivity contribution in [1.29, 1.82) is 0 Å². The molecule has 0 saturated heterocycles. The second-order valence-electron chi connectivity index (χ2n) is 3.18. The molecule has 0 aliphatic rings. The molecule has 5 heteroatoms. The topological polar surface area (TPSA) is 50.2 Å². The van der Waals surface area contributed by atoms with Gasteiger partial charge >= 0.3 is 5.97 Å². The van der Waals surface area contributed by atoms with Crippen molar-refractivity contribution in [2.75, 3.05) is 0 Å². The molecule has 16 heavy (non-hydrogen) atoms. The summed E-state index contributed by atoms with van der Waals surface area (Å²) in [6.07, 6.45) is 2.61. The zero-order valence-electron chi connectivity index (χ0n) is 8.51. The van der Waals surface area contributed by atoms with E-state index in [1.807, 2.05) is 23.8 Å². The van der Waals surface area contributed by atoms with Gasteiger partial charge in [-0.3, -0.25) is 0 Å². The van der Waals surface area contributed by atoms with Gasteiger partial charge < -0.3 is 5.11 Å². The summed E-state index contributed by atoms with van der Waals surface area (Å²) in [5, 5.41) is 13.2. The van der Waals surface area contributed by atoms with E-state index in [4.69, 9.17) is 5.11 Å². The standard InChI is InChI=1S/C11H9NO2S2/c1-7-4-5-15-11(7)8-6-16-9(12-8)2-3-10(13)14/h2-6H,1H3,(H,13,14)/b3-2+. The Kier molecular flexibility index (Phi) is 3.17. The van der Waals surface area contributed by atoms with Gasteiger partial charge in [-0.05, 0) is 30.0 Å². The maximum atomic E-state index is 10.4. The number of aromatic nitrogens is 1. The van der Waals surface area contributed by atoms with Crippen molar-refractivity contribution in [3.05, 3.63) is 33.5 Å². The third-order valence-corrected chi connectivity index (χ3v) is 3.83. The summed E-state index contributed by atoms with van der Waals surface area (Å²) >= 11 is 3.09. The average Bonchev–Trinajstić information content (AvgIpc) is 2.83. The number of carboxylic acid groups (broad SMARTS) is 1. The van der Waals surface area contributed by atoms with Gasteiger partial charge in [0.2, 0.25) is 0 Å². The van der Waals surface area contributed by atoms with Crippen molar-refractivity contribution in [3.8, 4) is 10.6 Å². The number of thiazole rings is 1. The van der Waals surface area contributed by atoms with Crippen molar-refractivity contribution >= 4 is 34.7 Å². The van der Waals surface area contributed by atoms with Crippen molar-refractivity contribution in [3.63, 3.8) is 0 Å². The number of nitrogens with zero attached hydrogens (tertiary/aromatic N) is 1. The molecular formula is C11H9NO2S2. The number of aliphatic carboxylic acids is 1. The molecule has 0 unspecified atom stereocenters. The first kappa shape index (κ1) is 11.0. The zero-order valence-corrected chi connectivity index (χ0v) is 10.1. The van der Waals surface area contributed by atoms with Crippen molar-refractivity contribution in [2.24, 2.45) is 0 Å². The fraction of sp³-hybridized carbons (Fsp3) is 0.0909. The lowest BCUT2D eigenvalue weighted by Gasteiger charge is -1.91. The lowest BCUT2D eigenvalue weighted by Crippen LogP contribution is -1.85. The Morgan fingerprint density at radius 1 is 1.50 bits per heavy atom. The van der Waals surface area contributed by atoms with Crippen LogP contribution in [0, 0.1) is 6.92 Å². The highest BCUT2D eigenvalue weighted by Gasteiger charge is 2.06. The molecule has 0 amide bonds. The normalized spacial score (nSPS) is 11.1. The van der Waals surface area contributed by atoms with Crippen molar-refractivity contribution in [1.82, 2.24) is 4.98 Å². The molecule has 0 bridgehead atoms. The number of rotatable bonds is 3. The first-order valence-corrected chi connectivity index (χ1v) is 6.34. The molecule has 82 valence electrons. The molecule has 0 spiro atoms. The number of hydrogen-bond acceptors (Lipinski definition) is 4. The van der Waals surface area contributed by atoms with Gasteiger partial charge in [-0.1, -0.05) is 0 Å². The predicted octanol–water partition coefficient (Wildman–Crippen LogP) is 3.28. The van der Waals surface area contributed by atoms with Gasteiger partial charge in [0, 0.05) is 11.5 Å². The maximum absolute atomic E-state index is 10.4. The molecule has 0 saturated carbocycles. The molecule has 1 N–H and O–H groups in total. The monoisotopic (exact) mass is 251 g/mol. The highest BCUT2D eigenvalue weighted by atomic mass is 32.1. The van der Waals surface area contributed by atoms with Crippen LogP contribution in [0.4, 0.5) is 0 Å². The molecule has 0 aliphatic heterocycles. The Bertz CT molecular complexity index is 540. The van der Waals surface area contributed by atoms with Crippen LogP contribution in [-0.2, 0) is 4.79 Å². The fourth-order valence-electron chi connectivity index (χ4n) is 1.25. The van der Waals surface area contributed by atoms with Crippen LogP contribution in [0.2, 0.25) is 0 Å². The van der Waals surface area contributed by atoms with Crippen molar-refractivity contribution in [2.45, 2.75) is 6.92 Å². The highest BCUT2D eigenvalue weighted by Crippen LogP contribution is 2.30. The number of carboxylic acids is 1. The van der Waals surface area contributed by atoms with Gasteiger partial charge in [0.05, 0.1) is 10.6 Å². The van der Waals surface area contributed by atoms with Gasteiger partial charge in [0.1, 0.15) is 5.01 Å². The van der Waals surface area contributed by atoms with Crippen LogP contribution in [0.1, 0.15) is 10.6 Å². The summed E-state index contributed by atoms with van der Waals surface area (Å²) in [6, 6.07) is 2.05. The lowest BCUT2D eigenvalue weighted by molar-refractivity contribution is -0.131. The van der Waals surface area contributed by atoms with Gasteiger partial charge in [-0.15, -0.1) is 22.7 Å². The summed E-state index contributed by atoms with van der Waals surface area (Å²) in [7, 11) is 0. The smallest absolute Gasteiger partial charge is 0.328 e. The second-order valence-corrected chi connectivity index (χ2v) is 4.98. The Morgan fingerprint density at radius 2 is 2.31 bits per heavy atom. The summed E-state index contributed by atoms with van der Waals surface area (Å²) in [6.45, 7) is 2.04. The number of aryl methyl sites for hydroxylation is 1. The van der Waals surface area contributed by atoms with E-state index in [9.17, 15) is 4.79 Å². The Balaban J connectivity index is 2.27. The Labute approximate surface area is 101 Å². The van der Waals surface area contributed by atoms with Crippen LogP contribution in [-0.4, -0.2) is 16.1 Å². The molecule has 2 aromatic heterocycles. The fourth-order valence-corrected chi connectivity index (χ4v) is 2.91. The van der Waals surface area contributed by atoms with Crippen LogP contribution in [0.15, 0.2) is 22.9 Å². The molecule has 2 heterocycles. The number of carbonyl (C=O) groups is 1. The molecule has 0 atom stereocenters. The van der Waals surface area contributed by atoms with E-state index in [0.717, 1.165) is 16.6 Å². The molecule has 2 rings (SSSR count). The first-order chi connectivity index (χ1) is 7.66. The van der Waals surface area contributed by atoms with Crippen LogP contribution in [0.5, 0.6) is 0 Å². The third-order valence-electron chi connectivity index (χ3n) is 1.99. The Hall–Kier alpha value is -1.46. The van der Waals surface area contributed by atoms with Crippen LogP contribution in [0.3, 0.4) is 0 Å². The van der Waals surface area contributed by atoms with Crippen LogP contribution >= 0.6 is 22.7 Å². The SMILES string of the molecule is Cc1ccsc1-c1csc(/C=C/C(=O)O)n1. The average molecular weight is 251 g/mol. The van der Waals surface area contributed by atoms with Gasteiger partial charge in [-0.25, -0.2) is 9.78 Å². The van der Waals surface area contributed by atoms with Gasteiger partial charge in [0.15, 0.2) is 0 Å². The molecule has 0 radical (unpaired) electrons. The van der Waals surface area contributed by atoms with Crippen LogP contribution in [0.25, 0.3) is 16.6 Å². The molecule has 0 fully saturated rings. The van der Waals surface area contributed by atoms with E-state index in [1.54, 1.807) is 11.3 Å². The van der Waals surface area contributed by atoms with Crippen molar-refractivity contribution < 1.29 is 9.90 Å². The molecule has 3 nitrogen and oxygen atoms in total. The van der Waals surface area contributed by atoms with E-state index in [-0.39, 0.29) is 0 Å². The zero-order chi connectivity index (χ0) is 11.5. The number of hydrogen-bond donors (Lipinski definition) is 1. The molecular weight excluding hydrogens is 242 g/mol. The molecule has 0 aliphatic carbocycles. The Morgan fingerprint density at radius 3 is 2.94 bits per heavy atom. The van der Waals surface area contributed by atoms with E-state index in [1.165, 1.54) is 23.0 Å². The lowest BCUT2D eigenvalue weighted by atomic mass is 10.2. The largest absolute Gasteiger partial charge is 0.478 e. The number of thiophene rings is 1. The third kappa shape index (κ3) is 2.37. The van der Waals surface area contributed by atoms with E-state index in [2.05, 4.69) is 4.98 Å². The second kappa shape index (κ2) is 4.59. The van der Waals surface area contributed by atoms with E-state index in [0.29, 0.717) is 5.01 Å². The minimum atomic E-state index is -0.955. The quantitative estimate of drug-likeness (QED) is 0.852. The summed E-state index contributed by atoms with van der Waals surface area (Å²) in [4.78, 5) is 15.9. The minimum Gasteiger partial charge on any atom is -0.478 e. The molecule has 2 aromatic rings. The highest BCUT2D eigenvalue weighted by molar-refractivity contribution is 7.14. The van der Waals surface area contributed by atoms with Gasteiger partial charge in [0.25, 0.3) is 0 Å². The first-order valence-electron chi connectivity index (χ1n) is 4.58. The summed E-state index contributed by atoms with van der Waals surface area (Å²) in [5.41, 5.74) is 2.12.